The molecule has 1 atom stereocenters. The monoisotopic (exact) mass is 295 g/mol. The summed E-state index contributed by atoms with van der Waals surface area (Å²) >= 11 is 0. The average Bonchev–Trinajstić information content (AvgIpc) is 2.98. The number of nitrogen functional groups attached to an aromatic ring is 1. The number of hydrogen-bond acceptors (Lipinski definition) is 5. The topological polar surface area (TPSA) is 83.3 Å². The summed E-state index contributed by atoms with van der Waals surface area (Å²) < 4.78 is 13.9. The molecule has 0 aromatic carbocycles. The number of hydrazine groups is 1. The van der Waals surface area contributed by atoms with Crippen LogP contribution in [0.3, 0.4) is 0 Å². The molecule has 0 saturated carbocycles. The second-order valence-corrected chi connectivity index (χ2v) is 5.49. The van der Waals surface area contributed by atoms with Gasteiger partial charge in [-0.25, -0.2) is 15.2 Å². The van der Waals surface area contributed by atoms with Gasteiger partial charge in [0.25, 0.3) is 5.91 Å². The largest absolute Gasteiger partial charge is 0.352 e. The molecule has 0 radical (unpaired) electrons. The van der Waals surface area contributed by atoms with E-state index < -0.39 is 11.7 Å². The quantitative estimate of drug-likeness (QED) is 0.538. The molecule has 7 heteroatoms. The van der Waals surface area contributed by atoms with Gasteiger partial charge >= 0.3 is 0 Å². The van der Waals surface area contributed by atoms with Gasteiger partial charge < -0.3 is 15.6 Å². The number of amides is 1. The van der Waals surface area contributed by atoms with Crippen molar-refractivity contribution in [3.63, 3.8) is 0 Å². The zero-order valence-electron chi connectivity index (χ0n) is 12.2. The van der Waals surface area contributed by atoms with Crippen LogP contribution in [0.5, 0.6) is 0 Å². The lowest BCUT2D eigenvalue weighted by Gasteiger charge is -2.20. The fourth-order valence-electron chi connectivity index (χ4n) is 2.55. The summed E-state index contributed by atoms with van der Waals surface area (Å²) in [4.78, 5) is 18.1. The standard InChI is InChI=1S/C14H22FN5O/c1-10(9-20-6-2-3-7-20)8-18-14(21)11-4-5-17-13(19-16)12(11)15/h4-5,10H,2-3,6-9,16H2,1H3,(H,17,19)(H,18,21). The zero-order valence-corrected chi connectivity index (χ0v) is 12.2. The number of pyridine rings is 1. The summed E-state index contributed by atoms with van der Waals surface area (Å²) in [6, 6.07) is 1.34. The normalized spacial score (nSPS) is 16.7. The molecule has 0 spiro atoms. The predicted octanol–water partition coefficient (Wildman–Crippen LogP) is 0.968. The summed E-state index contributed by atoms with van der Waals surface area (Å²) in [6.07, 6.45) is 3.84. The lowest BCUT2D eigenvalue weighted by Crippen LogP contribution is -2.34. The Morgan fingerprint density at radius 2 is 2.24 bits per heavy atom. The Bertz CT molecular complexity index is 490. The SMILES string of the molecule is CC(CNC(=O)c1ccnc(NN)c1F)CN1CCCC1. The Hall–Kier alpha value is -1.73. The van der Waals surface area contributed by atoms with E-state index in [1.165, 1.54) is 25.1 Å². The molecule has 116 valence electrons. The summed E-state index contributed by atoms with van der Waals surface area (Å²) in [6.45, 7) is 5.80. The van der Waals surface area contributed by atoms with Crippen LogP contribution in [0, 0.1) is 11.7 Å². The molecule has 2 rings (SSSR count). The first kappa shape index (κ1) is 15.7. The van der Waals surface area contributed by atoms with E-state index in [0.29, 0.717) is 12.5 Å². The van der Waals surface area contributed by atoms with E-state index in [1.807, 2.05) is 0 Å². The second-order valence-electron chi connectivity index (χ2n) is 5.49. The molecule has 1 aromatic heterocycles. The molecular formula is C14H22FN5O. The van der Waals surface area contributed by atoms with Crippen molar-refractivity contribution < 1.29 is 9.18 Å². The number of aromatic nitrogens is 1. The highest BCUT2D eigenvalue weighted by molar-refractivity contribution is 5.95. The number of anilines is 1. The summed E-state index contributed by atoms with van der Waals surface area (Å²) in [5.74, 6) is 4.16. The molecule has 1 fully saturated rings. The summed E-state index contributed by atoms with van der Waals surface area (Å²) in [5.41, 5.74) is 2.08. The number of carbonyl (C=O) groups excluding carboxylic acids is 1. The van der Waals surface area contributed by atoms with Gasteiger partial charge in [-0.3, -0.25) is 4.79 Å². The van der Waals surface area contributed by atoms with Crippen LogP contribution in [0.25, 0.3) is 0 Å². The van der Waals surface area contributed by atoms with Crippen LogP contribution in [0.4, 0.5) is 10.2 Å². The Morgan fingerprint density at radius 1 is 1.52 bits per heavy atom. The third-order valence-electron chi connectivity index (χ3n) is 3.65. The number of rotatable bonds is 6. The molecule has 0 aliphatic carbocycles. The average molecular weight is 295 g/mol. The van der Waals surface area contributed by atoms with Gasteiger partial charge in [0.15, 0.2) is 11.6 Å². The van der Waals surface area contributed by atoms with E-state index in [-0.39, 0.29) is 11.4 Å². The van der Waals surface area contributed by atoms with Crippen molar-refractivity contribution in [2.75, 3.05) is 31.6 Å². The molecule has 1 aromatic rings. The summed E-state index contributed by atoms with van der Waals surface area (Å²) in [5, 5.41) is 2.76. The first-order valence-electron chi connectivity index (χ1n) is 7.23. The van der Waals surface area contributed by atoms with E-state index in [1.54, 1.807) is 0 Å². The van der Waals surface area contributed by atoms with Gasteiger partial charge in [-0.15, -0.1) is 0 Å². The maximum absolute atomic E-state index is 13.9. The number of likely N-dealkylation sites (tertiary alicyclic amines) is 1. The Balaban J connectivity index is 1.86. The van der Waals surface area contributed by atoms with Crippen LogP contribution in [-0.2, 0) is 0 Å². The predicted molar refractivity (Wildman–Crippen MR) is 79.2 cm³/mol. The van der Waals surface area contributed by atoms with Crippen molar-refractivity contribution in [2.45, 2.75) is 19.8 Å². The van der Waals surface area contributed by atoms with Crippen molar-refractivity contribution in [2.24, 2.45) is 11.8 Å². The van der Waals surface area contributed by atoms with E-state index in [2.05, 4.69) is 27.6 Å². The van der Waals surface area contributed by atoms with Crippen molar-refractivity contribution in [3.05, 3.63) is 23.6 Å². The highest BCUT2D eigenvalue weighted by Gasteiger charge is 2.18. The second kappa shape index (κ2) is 7.33. The molecule has 1 aliphatic heterocycles. The smallest absolute Gasteiger partial charge is 0.254 e. The number of nitrogens with one attached hydrogen (secondary N) is 2. The zero-order chi connectivity index (χ0) is 15.2. The number of nitrogens with two attached hydrogens (primary N) is 1. The van der Waals surface area contributed by atoms with E-state index in [0.717, 1.165) is 19.6 Å². The number of hydrogen-bond donors (Lipinski definition) is 3. The van der Waals surface area contributed by atoms with Crippen LogP contribution in [-0.4, -0.2) is 42.0 Å². The maximum Gasteiger partial charge on any atom is 0.254 e. The molecule has 6 nitrogen and oxygen atoms in total. The van der Waals surface area contributed by atoms with Gasteiger partial charge in [0.2, 0.25) is 0 Å². The molecule has 21 heavy (non-hydrogen) atoms. The lowest BCUT2D eigenvalue weighted by atomic mass is 10.1. The molecular weight excluding hydrogens is 273 g/mol. The van der Waals surface area contributed by atoms with Gasteiger partial charge in [-0.2, -0.15) is 0 Å². The van der Waals surface area contributed by atoms with Gasteiger partial charge in [0, 0.05) is 19.3 Å². The van der Waals surface area contributed by atoms with Crippen LogP contribution < -0.4 is 16.6 Å². The Morgan fingerprint density at radius 3 is 2.90 bits per heavy atom. The highest BCUT2D eigenvalue weighted by atomic mass is 19.1. The van der Waals surface area contributed by atoms with Crippen molar-refractivity contribution >= 4 is 11.7 Å². The van der Waals surface area contributed by atoms with Crippen LogP contribution in [0.2, 0.25) is 0 Å². The van der Waals surface area contributed by atoms with Gasteiger partial charge in [-0.05, 0) is 37.9 Å². The number of halogens is 1. The maximum atomic E-state index is 13.9. The first-order chi connectivity index (χ1) is 10.1. The molecule has 1 saturated heterocycles. The van der Waals surface area contributed by atoms with Gasteiger partial charge in [0.1, 0.15) is 0 Å². The van der Waals surface area contributed by atoms with E-state index in [9.17, 15) is 9.18 Å². The van der Waals surface area contributed by atoms with Crippen molar-refractivity contribution in [3.8, 4) is 0 Å². The van der Waals surface area contributed by atoms with E-state index >= 15 is 0 Å². The first-order valence-corrected chi connectivity index (χ1v) is 7.23. The molecule has 1 unspecified atom stereocenters. The Kier molecular flexibility index (Phi) is 5.46. The van der Waals surface area contributed by atoms with Crippen LogP contribution in [0.15, 0.2) is 12.3 Å². The fraction of sp³-hybridized carbons (Fsp3) is 0.571. The highest BCUT2D eigenvalue weighted by Crippen LogP contribution is 2.14. The number of carbonyl (C=O) groups is 1. The minimum atomic E-state index is -0.732. The molecule has 1 aliphatic rings. The van der Waals surface area contributed by atoms with Crippen LogP contribution in [0.1, 0.15) is 30.1 Å². The number of nitrogens with zero attached hydrogens (tertiary/aromatic N) is 2. The molecule has 1 amide bonds. The minimum Gasteiger partial charge on any atom is -0.352 e. The van der Waals surface area contributed by atoms with Crippen LogP contribution >= 0.6 is 0 Å². The third kappa shape index (κ3) is 4.12. The van der Waals surface area contributed by atoms with Gasteiger partial charge in [0.05, 0.1) is 5.56 Å². The van der Waals surface area contributed by atoms with Crippen molar-refractivity contribution in [1.82, 2.24) is 15.2 Å². The molecule has 4 N–H and O–H groups in total. The molecule has 2 heterocycles. The summed E-state index contributed by atoms with van der Waals surface area (Å²) in [7, 11) is 0. The van der Waals surface area contributed by atoms with E-state index in [4.69, 9.17) is 5.84 Å². The lowest BCUT2D eigenvalue weighted by molar-refractivity contribution is 0.0941. The third-order valence-corrected chi connectivity index (χ3v) is 3.65. The molecule has 0 bridgehead atoms. The van der Waals surface area contributed by atoms with Gasteiger partial charge in [-0.1, -0.05) is 6.92 Å². The minimum absolute atomic E-state index is 0.0497. The Labute approximate surface area is 123 Å². The fourth-order valence-corrected chi connectivity index (χ4v) is 2.55. The van der Waals surface area contributed by atoms with Crippen molar-refractivity contribution in [1.29, 1.82) is 0 Å².